The van der Waals surface area contributed by atoms with Gasteiger partial charge in [0.25, 0.3) is 10.0 Å². The summed E-state index contributed by atoms with van der Waals surface area (Å²) in [6, 6.07) is 10.1. The monoisotopic (exact) mass is 353 g/mol. The summed E-state index contributed by atoms with van der Waals surface area (Å²) in [4.78, 5) is 0.811. The minimum Gasteiger partial charge on any atom is -0.279 e. The molecule has 0 saturated carbocycles. The molecule has 0 aliphatic heterocycles. The van der Waals surface area contributed by atoms with Crippen molar-refractivity contribution in [2.75, 3.05) is 4.72 Å². The zero-order chi connectivity index (χ0) is 15.7. The van der Waals surface area contributed by atoms with Gasteiger partial charge in [0.1, 0.15) is 4.21 Å². The maximum Gasteiger partial charge on any atom is 0.271 e. The molecular formula is C14H12ClN3O2S2. The number of anilines is 1. The normalized spacial score (nSPS) is 11.5. The van der Waals surface area contributed by atoms with Crippen molar-refractivity contribution in [3.8, 4) is 10.6 Å². The van der Waals surface area contributed by atoms with Gasteiger partial charge in [-0.25, -0.2) is 8.42 Å². The molecule has 5 nitrogen and oxygen atoms in total. The van der Waals surface area contributed by atoms with Crippen molar-refractivity contribution in [1.29, 1.82) is 0 Å². The summed E-state index contributed by atoms with van der Waals surface area (Å²) in [5.41, 5.74) is 2.07. The molecule has 0 bridgehead atoms. The maximum absolute atomic E-state index is 12.5. The Balaban J connectivity index is 1.90. The van der Waals surface area contributed by atoms with Crippen LogP contribution in [0.3, 0.4) is 0 Å². The molecule has 0 atom stereocenters. The van der Waals surface area contributed by atoms with Crippen LogP contribution in [0.15, 0.2) is 46.8 Å². The first-order valence-corrected chi connectivity index (χ1v) is 9.02. The van der Waals surface area contributed by atoms with Crippen LogP contribution in [0.2, 0.25) is 5.02 Å². The molecule has 0 spiro atoms. The predicted molar refractivity (Wildman–Crippen MR) is 88.9 cm³/mol. The first-order chi connectivity index (χ1) is 10.5. The largest absolute Gasteiger partial charge is 0.279 e. The number of nitrogens with zero attached hydrogens (tertiary/aromatic N) is 1. The molecule has 3 rings (SSSR count). The summed E-state index contributed by atoms with van der Waals surface area (Å²) in [7, 11) is -3.63. The molecule has 0 fully saturated rings. The van der Waals surface area contributed by atoms with Gasteiger partial charge in [-0.15, -0.1) is 11.3 Å². The third-order valence-electron chi connectivity index (χ3n) is 3.05. The second kappa shape index (κ2) is 5.75. The van der Waals surface area contributed by atoms with Crippen molar-refractivity contribution in [1.82, 2.24) is 10.2 Å². The molecule has 0 saturated heterocycles. The number of rotatable bonds is 4. The fraction of sp³-hybridized carbons (Fsp3) is 0.0714. The number of thiophene rings is 1. The number of aryl methyl sites for hydroxylation is 1. The third-order valence-corrected chi connectivity index (χ3v) is 6.26. The van der Waals surface area contributed by atoms with Crippen LogP contribution in [0.25, 0.3) is 10.6 Å². The average Bonchev–Trinajstić information content (AvgIpc) is 3.11. The quantitative estimate of drug-likeness (QED) is 0.746. The lowest BCUT2D eigenvalue weighted by atomic mass is 10.2. The molecule has 22 heavy (non-hydrogen) atoms. The molecule has 1 aromatic carbocycles. The maximum atomic E-state index is 12.5. The van der Waals surface area contributed by atoms with Crippen LogP contribution in [-0.4, -0.2) is 18.6 Å². The van der Waals surface area contributed by atoms with Crippen molar-refractivity contribution < 1.29 is 8.42 Å². The van der Waals surface area contributed by atoms with Crippen LogP contribution in [-0.2, 0) is 10.0 Å². The lowest BCUT2D eigenvalue weighted by molar-refractivity contribution is 0.603. The minimum absolute atomic E-state index is 0.242. The van der Waals surface area contributed by atoms with Gasteiger partial charge in [0.15, 0.2) is 0 Å². The molecular weight excluding hydrogens is 342 g/mol. The van der Waals surface area contributed by atoms with Crippen LogP contribution in [0.4, 0.5) is 5.69 Å². The van der Waals surface area contributed by atoms with Crippen LogP contribution >= 0.6 is 22.9 Å². The Morgan fingerprint density at radius 3 is 2.73 bits per heavy atom. The molecule has 2 aromatic heterocycles. The Morgan fingerprint density at radius 2 is 2.05 bits per heavy atom. The fourth-order valence-electron chi connectivity index (χ4n) is 1.94. The van der Waals surface area contributed by atoms with Crippen molar-refractivity contribution in [2.45, 2.75) is 11.1 Å². The molecule has 2 heterocycles. The van der Waals surface area contributed by atoms with Gasteiger partial charge < -0.3 is 0 Å². The SMILES string of the molecule is Cc1cc(Cl)ccc1NS(=O)(=O)c1ccc(-c2ccn[nH]2)s1. The Hall–Kier alpha value is -1.83. The first kappa shape index (κ1) is 15.1. The molecule has 0 aliphatic carbocycles. The van der Waals surface area contributed by atoms with Crippen molar-refractivity contribution in [2.24, 2.45) is 0 Å². The topological polar surface area (TPSA) is 74.8 Å². The van der Waals surface area contributed by atoms with E-state index in [2.05, 4.69) is 14.9 Å². The van der Waals surface area contributed by atoms with E-state index in [1.54, 1.807) is 49.5 Å². The number of sulfonamides is 1. The van der Waals surface area contributed by atoms with Gasteiger partial charge in [0.2, 0.25) is 0 Å². The summed E-state index contributed by atoms with van der Waals surface area (Å²) in [6.45, 7) is 1.80. The predicted octanol–water partition coefficient (Wildman–Crippen LogP) is 3.90. The zero-order valence-electron chi connectivity index (χ0n) is 11.5. The van der Waals surface area contributed by atoms with Crippen LogP contribution in [0.5, 0.6) is 0 Å². The van der Waals surface area contributed by atoms with Gasteiger partial charge >= 0.3 is 0 Å². The van der Waals surface area contributed by atoms with Gasteiger partial charge in [-0.2, -0.15) is 5.10 Å². The van der Waals surface area contributed by atoms with Gasteiger partial charge in [-0.05, 0) is 48.9 Å². The van der Waals surface area contributed by atoms with Gasteiger partial charge in [0.05, 0.1) is 16.3 Å². The highest BCUT2D eigenvalue weighted by molar-refractivity contribution is 7.94. The highest BCUT2D eigenvalue weighted by Gasteiger charge is 2.18. The fourth-order valence-corrected chi connectivity index (χ4v) is 4.58. The third kappa shape index (κ3) is 3.01. The van der Waals surface area contributed by atoms with E-state index < -0.39 is 10.0 Å². The Bertz CT molecular complexity index is 902. The highest BCUT2D eigenvalue weighted by Crippen LogP contribution is 2.31. The molecule has 0 amide bonds. The van der Waals surface area contributed by atoms with E-state index in [-0.39, 0.29) is 4.21 Å². The van der Waals surface area contributed by atoms with E-state index in [0.717, 1.165) is 16.1 Å². The van der Waals surface area contributed by atoms with Crippen molar-refractivity contribution in [3.05, 3.63) is 53.2 Å². The number of nitrogens with one attached hydrogen (secondary N) is 2. The molecule has 0 aliphatic rings. The number of H-pyrrole nitrogens is 1. The second-order valence-electron chi connectivity index (χ2n) is 4.65. The Kier molecular flexibility index (Phi) is 3.94. The Morgan fingerprint density at radius 1 is 1.23 bits per heavy atom. The van der Waals surface area contributed by atoms with E-state index in [0.29, 0.717) is 10.7 Å². The molecule has 3 aromatic rings. The number of benzene rings is 1. The summed E-state index contributed by atoms with van der Waals surface area (Å²) < 4.78 is 27.8. The van der Waals surface area contributed by atoms with E-state index in [4.69, 9.17) is 11.6 Å². The average molecular weight is 354 g/mol. The number of aromatic nitrogens is 2. The number of halogens is 1. The molecule has 114 valence electrons. The summed E-state index contributed by atoms with van der Waals surface area (Å²) in [5, 5.41) is 7.24. The van der Waals surface area contributed by atoms with E-state index in [9.17, 15) is 8.42 Å². The van der Waals surface area contributed by atoms with E-state index in [1.807, 2.05) is 0 Å². The Labute approximate surface area is 137 Å². The summed E-state index contributed by atoms with van der Waals surface area (Å²) in [5.74, 6) is 0. The van der Waals surface area contributed by atoms with Crippen molar-refractivity contribution >= 4 is 38.6 Å². The number of hydrogen-bond acceptors (Lipinski definition) is 4. The standard InChI is InChI=1S/C14H12ClN3O2S2/c1-9-8-10(15)2-3-11(9)18-22(19,20)14-5-4-13(21-14)12-6-7-16-17-12/h2-8,18H,1H3,(H,16,17). The van der Waals surface area contributed by atoms with Gasteiger partial charge in [0, 0.05) is 11.2 Å². The van der Waals surface area contributed by atoms with Gasteiger partial charge in [-0.3, -0.25) is 9.82 Å². The van der Waals surface area contributed by atoms with E-state index >= 15 is 0 Å². The zero-order valence-corrected chi connectivity index (χ0v) is 13.9. The smallest absolute Gasteiger partial charge is 0.271 e. The number of aromatic amines is 1. The molecule has 8 heteroatoms. The van der Waals surface area contributed by atoms with Gasteiger partial charge in [-0.1, -0.05) is 11.6 Å². The van der Waals surface area contributed by atoms with Crippen molar-refractivity contribution in [3.63, 3.8) is 0 Å². The molecule has 2 N–H and O–H groups in total. The molecule has 0 radical (unpaired) electrons. The van der Waals surface area contributed by atoms with Crippen LogP contribution < -0.4 is 4.72 Å². The van der Waals surface area contributed by atoms with Crippen LogP contribution in [0, 0.1) is 6.92 Å². The minimum atomic E-state index is -3.63. The second-order valence-corrected chi connectivity index (χ2v) is 8.08. The van der Waals surface area contributed by atoms with Crippen LogP contribution in [0.1, 0.15) is 5.56 Å². The first-order valence-electron chi connectivity index (χ1n) is 6.34. The lowest BCUT2D eigenvalue weighted by Crippen LogP contribution is -2.12. The number of hydrogen-bond donors (Lipinski definition) is 2. The highest BCUT2D eigenvalue weighted by atomic mass is 35.5. The van der Waals surface area contributed by atoms with E-state index in [1.165, 1.54) is 11.3 Å². The summed E-state index contributed by atoms with van der Waals surface area (Å²) in [6.07, 6.45) is 1.62. The summed E-state index contributed by atoms with van der Waals surface area (Å²) >= 11 is 7.06. The molecule has 0 unspecified atom stereocenters. The lowest BCUT2D eigenvalue weighted by Gasteiger charge is -2.09.